The van der Waals surface area contributed by atoms with Crippen LogP contribution >= 0.6 is 0 Å². The number of aromatic nitrogens is 1. The molecule has 3 aromatic rings. The van der Waals surface area contributed by atoms with Gasteiger partial charge >= 0.3 is 5.97 Å². The summed E-state index contributed by atoms with van der Waals surface area (Å²) in [4.78, 5) is 36.3. The van der Waals surface area contributed by atoms with Crippen molar-refractivity contribution in [2.75, 3.05) is 11.9 Å². The Balaban J connectivity index is 1.87. The van der Waals surface area contributed by atoms with E-state index >= 15 is 0 Å². The minimum Gasteiger partial charge on any atom is -0.464 e. The Morgan fingerprint density at radius 2 is 1.64 bits per heavy atom. The fraction of sp³-hybridized carbons (Fsp3) is 0.321. The van der Waals surface area contributed by atoms with Crippen LogP contribution in [0.2, 0.25) is 0 Å². The standard InChI is InChI=1S/C28H32FN3O4/c1-5-36-28(35)27(18(2)3)31-26(34)17-15-24-14-16-25(20-6-8-21(29)9-7-20)32(24)23-12-10-22(11-13-23)30-19(4)33/h6-14,16,18,27H,5,15,17H2,1-4H3,(H,30,33)(H,31,34)/t27-/m0/s1. The molecule has 190 valence electrons. The number of anilines is 1. The molecular weight excluding hydrogens is 461 g/mol. The maximum atomic E-state index is 13.5. The van der Waals surface area contributed by atoms with Gasteiger partial charge in [-0.1, -0.05) is 13.8 Å². The molecule has 2 aromatic carbocycles. The zero-order valence-corrected chi connectivity index (χ0v) is 21.0. The summed E-state index contributed by atoms with van der Waals surface area (Å²) in [6.45, 7) is 7.13. The van der Waals surface area contributed by atoms with Crippen molar-refractivity contribution >= 4 is 23.5 Å². The number of aryl methyl sites for hydroxylation is 1. The van der Waals surface area contributed by atoms with Crippen molar-refractivity contribution in [2.45, 2.75) is 46.6 Å². The third-order valence-electron chi connectivity index (χ3n) is 5.68. The number of carbonyl (C=O) groups excluding carboxylic acids is 3. The van der Waals surface area contributed by atoms with Gasteiger partial charge in [-0.15, -0.1) is 0 Å². The van der Waals surface area contributed by atoms with Gasteiger partial charge in [0.05, 0.1) is 12.3 Å². The number of hydrogen-bond acceptors (Lipinski definition) is 4. The van der Waals surface area contributed by atoms with Crippen molar-refractivity contribution in [3.63, 3.8) is 0 Å². The lowest BCUT2D eigenvalue weighted by Crippen LogP contribution is -2.45. The van der Waals surface area contributed by atoms with Gasteiger partial charge in [0.25, 0.3) is 0 Å². The fourth-order valence-electron chi connectivity index (χ4n) is 3.94. The van der Waals surface area contributed by atoms with E-state index in [1.54, 1.807) is 31.2 Å². The summed E-state index contributed by atoms with van der Waals surface area (Å²) in [6, 6.07) is 16.7. The Kier molecular flexibility index (Phi) is 9.00. The van der Waals surface area contributed by atoms with Gasteiger partial charge in [0, 0.05) is 30.4 Å². The summed E-state index contributed by atoms with van der Waals surface area (Å²) < 4.78 is 20.6. The van der Waals surface area contributed by atoms with Crippen molar-refractivity contribution in [3.05, 3.63) is 72.2 Å². The molecule has 36 heavy (non-hydrogen) atoms. The normalized spacial score (nSPS) is 11.7. The molecule has 2 N–H and O–H groups in total. The lowest BCUT2D eigenvalue weighted by Gasteiger charge is -2.20. The van der Waals surface area contributed by atoms with E-state index in [9.17, 15) is 18.8 Å². The Bertz CT molecular complexity index is 1200. The molecule has 1 atom stereocenters. The van der Waals surface area contributed by atoms with Gasteiger partial charge in [-0.25, -0.2) is 9.18 Å². The number of hydrogen-bond donors (Lipinski definition) is 2. The molecule has 2 amide bonds. The van der Waals surface area contributed by atoms with E-state index < -0.39 is 12.0 Å². The molecule has 0 saturated carbocycles. The molecule has 7 nitrogen and oxygen atoms in total. The number of carbonyl (C=O) groups is 3. The van der Waals surface area contributed by atoms with Gasteiger partial charge in [-0.3, -0.25) is 9.59 Å². The van der Waals surface area contributed by atoms with E-state index in [1.807, 2.05) is 42.7 Å². The molecule has 1 heterocycles. The quantitative estimate of drug-likeness (QED) is 0.394. The molecule has 0 fully saturated rings. The molecular formula is C28H32FN3O4. The molecule has 0 bridgehead atoms. The molecule has 0 aliphatic heterocycles. The van der Waals surface area contributed by atoms with Crippen molar-refractivity contribution in [3.8, 4) is 16.9 Å². The topological polar surface area (TPSA) is 89.4 Å². The highest BCUT2D eigenvalue weighted by Gasteiger charge is 2.25. The molecule has 0 spiro atoms. The van der Waals surface area contributed by atoms with Gasteiger partial charge in [0.2, 0.25) is 11.8 Å². The van der Waals surface area contributed by atoms with Crippen LogP contribution in [0.4, 0.5) is 10.1 Å². The van der Waals surface area contributed by atoms with Crippen molar-refractivity contribution < 1.29 is 23.5 Å². The number of benzene rings is 2. The molecule has 0 unspecified atom stereocenters. The highest BCUT2D eigenvalue weighted by Crippen LogP contribution is 2.28. The predicted molar refractivity (Wildman–Crippen MR) is 137 cm³/mol. The van der Waals surface area contributed by atoms with Crippen LogP contribution < -0.4 is 10.6 Å². The van der Waals surface area contributed by atoms with Crippen LogP contribution in [0.3, 0.4) is 0 Å². The van der Waals surface area contributed by atoms with Crippen molar-refractivity contribution in [1.29, 1.82) is 0 Å². The van der Waals surface area contributed by atoms with E-state index in [1.165, 1.54) is 19.1 Å². The minimum absolute atomic E-state index is 0.107. The average molecular weight is 494 g/mol. The highest BCUT2D eigenvalue weighted by atomic mass is 19.1. The van der Waals surface area contributed by atoms with E-state index in [0.717, 1.165) is 22.6 Å². The molecule has 8 heteroatoms. The summed E-state index contributed by atoms with van der Waals surface area (Å²) in [7, 11) is 0. The predicted octanol–water partition coefficient (Wildman–Crippen LogP) is 4.88. The second-order valence-corrected chi connectivity index (χ2v) is 8.82. The molecule has 0 radical (unpaired) electrons. The fourth-order valence-corrected chi connectivity index (χ4v) is 3.94. The SMILES string of the molecule is CCOC(=O)[C@@H](NC(=O)CCc1ccc(-c2ccc(F)cc2)n1-c1ccc(NC(C)=O)cc1)C(C)C. The summed E-state index contributed by atoms with van der Waals surface area (Å²) in [5.41, 5.74) is 4.02. The number of halogens is 1. The highest BCUT2D eigenvalue weighted by molar-refractivity contribution is 5.88. The smallest absolute Gasteiger partial charge is 0.328 e. The first-order valence-corrected chi connectivity index (χ1v) is 12.0. The lowest BCUT2D eigenvalue weighted by atomic mass is 10.0. The largest absolute Gasteiger partial charge is 0.464 e. The molecule has 0 aliphatic carbocycles. The Morgan fingerprint density at radius 3 is 2.22 bits per heavy atom. The van der Waals surface area contributed by atoms with E-state index in [2.05, 4.69) is 10.6 Å². The Labute approximate surface area is 210 Å². The van der Waals surface area contributed by atoms with Gasteiger partial charge in [0.1, 0.15) is 11.9 Å². The average Bonchev–Trinajstić information content (AvgIpc) is 3.25. The van der Waals surface area contributed by atoms with E-state index in [-0.39, 0.29) is 36.6 Å². The minimum atomic E-state index is -0.708. The van der Waals surface area contributed by atoms with Gasteiger partial charge in [0.15, 0.2) is 0 Å². The van der Waals surface area contributed by atoms with Crippen LogP contribution in [0.1, 0.15) is 39.8 Å². The van der Waals surface area contributed by atoms with Crippen molar-refractivity contribution in [2.24, 2.45) is 5.92 Å². The monoisotopic (exact) mass is 493 g/mol. The summed E-state index contributed by atoms with van der Waals surface area (Å²) in [5, 5.41) is 5.55. The molecule has 0 aliphatic rings. The first-order chi connectivity index (χ1) is 17.2. The molecule has 0 saturated heterocycles. The van der Waals surface area contributed by atoms with E-state index in [4.69, 9.17) is 4.74 Å². The Hall–Kier alpha value is -3.94. The van der Waals surface area contributed by atoms with Crippen molar-refractivity contribution in [1.82, 2.24) is 9.88 Å². The number of amides is 2. The van der Waals surface area contributed by atoms with E-state index in [0.29, 0.717) is 12.1 Å². The summed E-state index contributed by atoms with van der Waals surface area (Å²) >= 11 is 0. The summed E-state index contributed by atoms with van der Waals surface area (Å²) in [5.74, 6) is -1.29. The third kappa shape index (κ3) is 6.81. The zero-order valence-electron chi connectivity index (χ0n) is 21.0. The maximum Gasteiger partial charge on any atom is 0.328 e. The van der Waals surface area contributed by atoms with Gasteiger partial charge < -0.3 is 19.9 Å². The third-order valence-corrected chi connectivity index (χ3v) is 5.68. The van der Waals surface area contributed by atoms with Crippen LogP contribution in [0.15, 0.2) is 60.7 Å². The number of nitrogens with zero attached hydrogens (tertiary/aromatic N) is 1. The molecule has 1 aromatic heterocycles. The maximum absolute atomic E-state index is 13.5. The van der Waals surface area contributed by atoms with Crippen LogP contribution in [0, 0.1) is 11.7 Å². The van der Waals surface area contributed by atoms with Crippen LogP contribution in [0.25, 0.3) is 16.9 Å². The second kappa shape index (κ2) is 12.2. The van der Waals surface area contributed by atoms with Gasteiger partial charge in [-0.05, 0) is 85.5 Å². The number of ether oxygens (including phenoxy) is 1. The van der Waals surface area contributed by atoms with Crippen LogP contribution in [-0.2, 0) is 25.5 Å². The number of rotatable bonds is 10. The van der Waals surface area contributed by atoms with Crippen LogP contribution in [-0.4, -0.2) is 35.0 Å². The molecule has 3 rings (SSSR count). The second-order valence-electron chi connectivity index (χ2n) is 8.82. The van der Waals surface area contributed by atoms with Crippen LogP contribution in [0.5, 0.6) is 0 Å². The number of esters is 1. The first kappa shape index (κ1) is 26.7. The lowest BCUT2D eigenvalue weighted by molar-refractivity contribution is -0.148. The van der Waals surface area contributed by atoms with Gasteiger partial charge in [-0.2, -0.15) is 0 Å². The Morgan fingerprint density at radius 1 is 0.972 bits per heavy atom. The summed E-state index contributed by atoms with van der Waals surface area (Å²) in [6.07, 6.45) is 0.577. The zero-order chi connectivity index (χ0) is 26.2. The number of nitrogens with one attached hydrogen (secondary N) is 2. The first-order valence-electron chi connectivity index (χ1n) is 12.0.